The van der Waals surface area contributed by atoms with Crippen molar-refractivity contribution in [2.45, 2.75) is 32.7 Å². The summed E-state index contributed by atoms with van der Waals surface area (Å²) < 4.78 is 27.5. The van der Waals surface area contributed by atoms with Crippen molar-refractivity contribution < 1.29 is 13.9 Å². The molecular weight excluding hydrogens is 493 g/mol. The van der Waals surface area contributed by atoms with Crippen LogP contribution in [0, 0.1) is 19.7 Å². The Kier molecular flexibility index (Phi) is 6.70. The van der Waals surface area contributed by atoms with Crippen LogP contribution >= 0.6 is 12.1 Å². The van der Waals surface area contributed by atoms with Gasteiger partial charge in [0.05, 0.1) is 16.8 Å². The number of amides is 1. The van der Waals surface area contributed by atoms with Gasteiger partial charge >= 0.3 is 0 Å². The molecule has 1 fully saturated rings. The number of carbonyl (C=O) groups is 1. The lowest BCUT2D eigenvalue weighted by Gasteiger charge is -2.21. The monoisotopic (exact) mass is 521 g/mol. The van der Waals surface area contributed by atoms with Gasteiger partial charge in [-0.15, -0.1) is 0 Å². The van der Waals surface area contributed by atoms with Crippen LogP contribution in [0.25, 0.3) is 10.9 Å². The van der Waals surface area contributed by atoms with E-state index in [-0.39, 0.29) is 45.9 Å². The van der Waals surface area contributed by atoms with E-state index in [1.807, 2.05) is 35.4 Å². The summed E-state index contributed by atoms with van der Waals surface area (Å²) in [7, 11) is 3.38. The minimum absolute atomic E-state index is 0.0675. The third-order valence-corrected chi connectivity index (χ3v) is 7.04. The fourth-order valence-corrected chi connectivity index (χ4v) is 4.80. The maximum absolute atomic E-state index is 14.8. The lowest BCUT2D eigenvalue weighted by atomic mass is 10.1. The predicted molar refractivity (Wildman–Crippen MR) is 145 cm³/mol. The topological polar surface area (TPSA) is 89.3 Å². The number of anilines is 2. The molecule has 0 bridgehead atoms. The van der Waals surface area contributed by atoms with Crippen LogP contribution in [0.3, 0.4) is 0 Å². The molecule has 3 N–H and O–H groups in total. The maximum Gasteiger partial charge on any atom is 0.259 e. The predicted octanol–water partition coefficient (Wildman–Crippen LogP) is 5.15. The van der Waals surface area contributed by atoms with Crippen molar-refractivity contribution in [1.82, 2.24) is 18.6 Å². The van der Waals surface area contributed by atoms with Gasteiger partial charge in [-0.05, 0) is 69.6 Å². The van der Waals surface area contributed by atoms with Crippen molar-refractivity contribution in [3.8, 4) is 11.5 Å². The number of rotatable bonds is 8. The molecule has 0 spiro atoms. The van der Waals surface area contributed by atoms with Crippen molar-refractivity contribution in [2.24, 2.45) is 7.05 Å². The Bertz CT molecular complexity index is 1570. The molecule has 1 aliphatic carbocycles. The molecule has 8 nitrogen and oxygen atoms in total. The summed E-state index contributed by atoms with van der Waals surface area (Å²) in [6.07, 6.45) is 3.68. The molecule has 0 radical (unpaired) electrons. The Morgan fingerprint density at radius 3 is 2.65 bits per heavy atom. The molecule has 2 aromatic carbocycles. The number of aryl methyl sites for hydroxylation is 1. The Labute approximate surface area is 218 Å². The molecule has 1 saturated carbocycles. The number of hydrogen-bond acceptors (Lipinski definition) is 6. The van der Waals surface area contributed by atoms with Gasteiger partial charge in [0, 0.05) is 36.8 Å². The number of fused-ring (bicyclic) bond motifs is 1. The van der Waals surface area contributed by atoms with Crippen LogP contribution in [0.1, 0.15) is 34.3 Å². The van der Waals surface area contributed by atoms with Crippen LogP contribution < -0.4 is 25.7 Å². The fourth-order valence-electron chi connectivity index (χ4n) is 4.22. The van der Waals surface area contributed by atoms with E-state index in [0.717, 1.165) is 29.3 Å². The van der Waals surface area contributed by atoms with Crippen LogP contribution in [-0.2, 0) is 7.05 Å². The van der Waals surface area contributed by atoms with Crippen molar-refractivity contribution >= 4 is 40.4 Å². The number of nitrogens with zero attached hydrogens (tertiary/aromatic N) is 2. The lowest BCUT2D eigenvalue weighted by molar-refractivity contribution is 0.0949. The van der Waals surface area contributed by atoms with Crippen LogP contribution in [0.2, 0.25) is 0 Å². The Morgan fingerprint density at radius 1 is 1.16 bits per heavy atom. The maximum atomic E-state index is 14.8. The van der Waals surface area contributed by atoms with Crippen molar-refractivity contribution in [3.05, 3.63) is 81.5 Å². The van der Waals surface area contributed by atoms with Crippen LogP contribution in [0.5, 0.6) is 11.5 Å². The van der Waals surface area contributed by atoms with Crippen LogP contribution in [0.15, 0.2) is 53.5 Å². The first kappa shape index (κ1) is 24.9. The van der Waals surface area contributed by atoms with Crippen molar-refractivity contribution in [3.63, 3.8) is 0 Å². The van der Waals surface area contributed by atoms with E-state index in [1.165, 1.54) is 22.8 Å². The summed E-state index contributed by atoms with van der Waals surface area (Å²) in [5.74, 6) is -0.0871. The van der Waals surface area contributed by atoms with Gasteiger partial charge in [-0.1, -0.05) is 12.1 Å². The Morgan fingerprint density at radius 2 is 1.95 bits per heavy atom. The zero-order valence-corrected chi connectivity index (χ0v) is 21.8. The molecule has 5 rings (SSSR count). The minimum Gasteiger partial charge on any atom is -0.455 e. The molecule has 1 amide bonds. The number of hydrogen-bond donors (Lipinski definition) is 3. The van der Waals surface area contributed by atoms with Crippen LogP contribution in [0.4, 0.5) is 15.9 Å². The van der Waals surface area contributed by atoms with E-state index in [2.05, 4.69) is 15.4 Å². The van der Waals surface area contributed by atoms with Gasteiger partial charge in [-0.2, -0.15) is 0 Å². The number of nitrogens with one attached hydrogen (secondary N) is 3. The largest absolute Gasteiger partial charge is 0.455 e. The molecule has 0 saturated heterocycles. The number of carbonyl (C=O) groups excluding carboxylic acids is 1. The minimum atomic E-state index is -0.489. The molecule has 37 heavy (non-hydrogen) atoms. The molecule has 1 aliphatic rings. The highest BCUT2D eigenvalue weighted by atomic mass is 32.2. The Balaban J connectivity index is 1.68. The first-order valence-corrected chi connectivity index (χ1v) is 12.8. The van der Waals surface area contributed by atoms with E-state index in [4.69, 9.17) is 4.74 Å². The van der Waals surface area contributed by atoms with E-state index >= 15 is 0 Å². The lowest BCUT2D eigenvalue weighted by Crippen LogP contribution is -2.31. The molecular formula is C27H28FN5O3S. The summed E-state index contributed by atoms with van der Waals surface area (Å²) in [5, 5.41) is 6.81. The summed E-state index contributed by atoms with van der Waals surface area (Å²) in [6.45, 7) is 3.42. The third-order valence-electron chi connectivity index (χ3n) is 6.34. The average molecular weight is 522 g/mol. The van der Waals surface area contributed by atoms with Gasteiger partial charge in [-0.25, -0.2) is 9.11 Å². The number of benzene rings is 2. The van der Waals surface area contributed by atoms with E-state index in [9.17, 15) is 14.0 Å². The van der Waals surface area contributed by atoms with Gasteiger partial charge in [0.1, 0.15) is 22.9 Å². The molecule has 10 heteroatoms. The van der Waals surface area contributed by atoms with Gasteiger partial charge in [0.15, 0.2) is 5.75 Å². The fraction of sp³-hybridized carbons (Fsp3) is 0.259. The molecule has 192 valence electrons. The zero-order chi connectivity index (χ0) is 26.3. The highest BCUT2D eigenvalue weighted by Crippen LogP contribution is 2.38. The average Bonchev–Trinajstić information content (AvgIpc) is 3.59. The normalized spacial score (nSPS) is 13.1. The van der Waals surface area contributed by atoms with Crippen molar-refractivity contribution in [2.75, 3.05) is 12.4 Å². The van der Waals surface area contributed by atoms with Gasteiger partial charge in [0.25, 0.3) is 11.5 Å². The van der Waals surface area contributed by atoms with E-state index in [1.54, 1.807) is 39.1 Å². The number of aromatic nitrogens is 2. The number of pyridine rings is 1. The van der Waals surface area contributed by atoms with Crippen molar-refractivity contribution in [1.29, 1.82) is 0 Å². The summed E-state index contributed by atoms with van der Waals surface area (Å²) in [4.78, 5) is 26.9. The molecule has 0 unspecified atom stereocenters. The summed E-state index contributed by atoms with van der Waals surface area (Å²) in [5.41, 5.74) is 1.88. The van der Waals surface area contributed by atoms with E-state index in [0.29, 0.717) is 5.75 Å². The summed E-state index contributed by atoms with van der Waals surface area (Å²) in [6, 6.07) is 12.3. The molecule has 4 aromatic rings. The second-order valence-electron chi connectivity index (χ2n) is 9.13. The van der Waals surface area contributed by atoms with Gasteiger partial charge < -0.3 is 15.4 Å². The van der Waals surface area contributed by atoms with Gasteiger partial charge in [0.2, 0.25) is 0 Å². The SMILES string of the molecule is CNSn1ccc2c(Oc3c(C(=O)NC4CC4)c(Nc4ccc(C)cc4F)n(C)c(=O)c3C)cccc21. The molecule has 2 aromatic heterocycles. The first-order valence-electron chi connectivity index (χ1n) is 12.0. The quantitative estimate of drug-likeness (QED) is 0.278. The second kappa shape index (κ2) is 9.95. The number of halogens is 1. The molecule has 0 aliphatic heterocycles. The molecule has 2 heterocycles. The van der Waals surface area contributed by atoms with Gasteiger partial charge in [-0.3, -0.25) is 18.1 Å². The Hall–Kier alpha value is -3.76. The highest BCUT2D eigenvalue weighted by Gasteiger charge is 2.31. The molecule has 0 atom stereocenters. The zero-order valence-electron chi connectivity index (χ0n) is 21.0. The van der Waals surface area contributed by atoms with E-state index < -0.39 is 5.82 Å². The van der Waals surface area contributed by atoms with Crippen LogP contribution in [-0.4, -0.2) is 27.5 Å². The first-order chi connectivity index (χ1) is 17.8. The number of ether oxygens (including phenoxy) is 1. The highest BCUT2D eigenvalue weighted by molar-refractivity contribution is 7.96. The smallest absolute Gasteiger partial charge is 0.259 e. The standard InChI is InChI=1S/C27H28FN5O3S/c1-15-8-11-20(19(28)14-15)31-25-23(26(34)30-17-9-10-17)24(16(2)27(35)32(25)4)36-22-7-5-6-21-18(22)12-13-33(21)37-29-3/h5-8,11-14,17,29,31H,9-10H2,1-4H3,(H,30,34). The summed E-state index contributed by atoms with van der Waals surface area (Å²) >= 11 is 1.41. The third kappa shape index (κ3) is 4.82. The second-order valence-corrected chi connectivity index (χ2v) is 10.1.